The zero-order valence-corrected chi connectivity index (χ0v) is 16.1. The maximum absolute atomic E-state index is 12.9. The molecule has 1 aliphatic carbocycles. The lowest BCUT2D eigenvalue weighted by Crippen LogP contribution is -2.55. The number of benzene rings is 1. The summed E-state index contributed by atoms with van der Waals surface area (Å²) in [7, 11) is 1.59. The predicted octanol–water partition coefficient (Wildman–Crippen LogP) is 0.185. The Morgan fingerprint density at radius 2 is 2.14 bits per heavy atom. The van der Waals surface area contributed by atoms with Gasteiger partial charge in [0.05, 0.1) is 13.2 Å². The summed E-state index contributed by atoms with van der Waals surface area (Å²) in [6.45, 7) is 0.250. The minimum absolute atomic E-state index is 0.0884. The highest BCUT2D eigenvalue weighted by atomic mass is 16.5. The van der Waals surface area contributed by atoms with Gasteiger partial charge in [0.1, 0.15) is 18.2 Å². The van der Waals surface area contributed by atoms with Crippen molar-refractivity contribution in [2.24, 2.45) is 0 Å². The first-order valence-electron chi connectivity index (χ1n) is 9.58. The molecule has 2 aromatic rings. The van der Waals surface area contributed by atoms with Crippen molar-refractivity contribution < 1.29 is 19.1 Å². The third-order valence-corrected chi connectivity index (χ3v) is 5.13. The molecule has 0 radical (unpaired) electrons. The van der Waals surface area contributed by atoms with E-state index in [0.29, 0.717) is 24.5 Å². The Morgan fingerprint density at radius 1 is 1.38 bits per heavy atom. The summed E-state index contributed by atoms with van der Waals surface area (Å²) in [5.41, 5.74) is 6.33. The Hall–Kier alpha value is -3.14. The van der Waals surface area contributed by atoms with E-state index in [-0.39, 0.29) is 30.4 Å². The van der Waals surface area contributed by atoms with Crippen molar-refractivity contribution in [1.29, 1.82) is 0 Å². The highest BCUT2D eigenvalue weighted by Crippen LogP contribution is 2.39. The van der Waals surface area contributed by atoms with E-state index in [9.17, 15) is 9.59 Å². The number of carbonyl (C=O) groups is 2. The molecule has 2 aliphatic rings. The Bertz CT molecular complexity index is 879. The Balaban J connectivity index is 1.50. The van der Waals surface area contributed by atoms with Gasteiger partial charge in [0.25, 0.3) is 5.91 Å². The van der Waals surface area contributed by atoms with Crippen LogP contribution < -0.4 is 15.8 Å². The van der Waals surface area contributed by atoms with Gasteiger partial charge in [-0.25, -0.2) is 0 Å². The number of ether oxygens (including phenoxy) is 2. The van der Waals surface area contributed by atoms with Crippen LogP contribution in [0.15, 0.2) is 24.3 Å². The number of amides is 2. The number of anilines is 1. The molecule has 0 unspecified atom stereocenters. The SMILES string of the molecule is COc1ccc([C@@H]2[C@@H](C(=O)NCCc3nc(N)n[nH]3)OCC(=O)N2C2CC2)cc1. The fourth-order valence-corrected chi connectivity index (χ4v) is 3.59. The van der Waals surface area contributed by atoms with Crippen LogP contribution in [0.5, 0.6) is 5.75 Å². The molecule has 0 bridgehead atoms. The molecular weight excluding hydrogens is 376 g/mol. The van der Waals surface area contributed by atoms with E-state index >= 15 is 0 Å². The Labute approximate surface area is 167 Å². The van der Waals surface area contributed by atoms with E-state index in [1.807, 2.05) is 29.2 Å². The lowest BCUT2D eigenvalue weighted by atomic mass is 9.96. The maximum Gasteiger partial charge on any atom is 0.251 e. The third-order valence-electron chi connectivity index (χ3n) is 5.13. The highest BCUT2D eigenvalue weighted by Gasteiger charge is 2.47. The van der Waals surface area contributed by atoms with Gasteiger partial charge in [0, 0.05) is 19.0 Å². The molecule has 2 fully saturated rings. The number of methoxy groups -OCH3 is 1. The van der Waals surface area contributed by atoms with E-state index in [0.717, 1.165) is 18.4 Å². The van der Waals surface area contributed by atoms with Gasteiger partial charge in [-0.15, -0.1) is 5.10 Å². The second-order valence-electron chi connectivity index (χ2n) is 7.16. The van der Waals surface area contributed by atoms with E-state index in [4.69, 9.17) is 15.2 Å². The van der Waals surface area contributed by atoms with Crippen molar-refractivity contribution >= 4 is 17.8 Å². The summed E-state index contributed by atoms with van der Waals surface area (Å²) < 4.78 is 10.9. The zero-order chi connectivity index (χ0) is 20.4. The number of hydrogen-bond acceptors (Lipinski definition) is 7. The molecular formula is C19H24N6O4. The number of carbonyl (C=O) groups excluding carboxylic acids is 2. The van der Waals surface area contributed by atoms with Gasteiger partial charge < -0.3 is 25.4 Å². The normalized spacial score (nSPS) is 21.8. The zero-order valence-electron chi connectivity index (χ0n) is 16.1. The van der Waals surface area contributed by atoms with Crippen LogP contribution in [0.1, 0.15) is 30.3 Å². The molecule has 1 saturated heterocycles. The van der Waals surface area contributed by atoms with Crippen LogP contribution in [0, 0.1) is 0 Å². The largest absolute Gasteiger partial charge is 0.497 e. The van der Waals surface area contributed by atoms with Crippen molar-refractivity contribution in [3.63, 3.8) is 0 Å². The van der Waals surface area contributed by atoms with E-state index in [1.165, 1.54) is 0 Å². The number of nitrogen functional groups attached to an aromatic ring is 1. The standard InChI is InChI=1S/C19H24N6O4/c1-28-13-6-2-11(3-7-13)16-17(29-10-15(26)25(16)12-4-5-12)18(27)21-9-8-14-22-19(20)24-23-14/h2-3,6-7,12,16-17H,4-5,8-10H2,1H3,(H,21,27)(H3,20,22,23,24)/t16-,17+/m1/s1. The summed E-state index contributed by atoms with van der Waals surface area (Å²) in [6, 6.07) is 7.07. The molecule has 1 aromatic carbocycles. The topological polar surface area (TPSA) is 135 Å². The quantitative estimate of drug-likeness (QED) is 0.603. The first-order valence-corrected chi connectivity index (χ1v) is 9.58. The van der Waals surface area contributed by atoms with E-state index in [2.05, 4.69) is 20.5 Å². The minimum atomic E-state index is -0.790. The van der Waals surface area contributed by atoms with Crippen molar-refractivity contribution in [2.45, 2.75) is 37.5 Å². The number of aromatic nitrogens is 3. The number of hydrogen-bond donors (Lipinski definition) is 3. The van der Waals surface area contributed by atoms with Crippen LogP contribution in [0.2, 0.25) is 0 Å². The summed E-state index contributed by atoms with van der Waals surface area (Å²) >= 11 is 0. The number of nitrogens with one attached hydrogen (secondary N) is 2. The van der Waals surface area contributed by atoms with E-state index < -0.39 is 12.1 Å². The van der Waals surface area contributed by atoms with E-state index in [1.54, 1.807) is 7.11 Å². The summed E-state index contributed by atoms with van der Waals surface area (Å²) in [5.74, 6) is 1.11. The van der Waals surface area contributed by atoms with Gasteiger partial charge in [-0.2, -0.15) is 4.98 Å². The molecule has 2 amide bonds. The summed E-state index contributed by atoms with van der Waals surface area (Å²) in [4.78, 5) is 31.3. The van der Waals surface area contributed by atoms with Crippen LogP contribution in [-0.2, 0) is 20.7 Å². The van der Waals surface area contributed by atoms with Crippen molar-refractivity contribution in [3.05, 3.63) is 35.7 Å². The molecule has 1 saturated carbocycles. The molecule has 1 aliphatic heterocycles. The fourth-order valence-electron chi connectivity index (χ4n) is 3.59. The molecule has 0 spiro atoms. The van der Waals surface area contributed by atoms with Gasteiger partial charge in [-0.05, 0) is 30.5 Å². The molecule has 4 N–H and O–H groups in total. The molecule has 10 heteroatoms. The number of H-pyrrole nitrogens is 1. The molecule has 154 valence electrons. The molecule has 29 heavy (non-hydrogen) atoms. The van der Waals surface area contributed by atoms with Crippen molar-refractivity contribution in [2.75, 3.05) is 26.0 Å². The van der Waals surface area contributed by atoms with Crippen LogP contribution in [-0.4, -0.2) is 64.3 Å². The first-order chi connectivity index (χ1) is 14.1. The van der Waals surface area contributed by atoms with Crippen LogP contribution in [0.25, 0.3) is 0 Å². The van der Waals surface area contributed by atoms with Crippen molar-refractivity contribution in [1.82, 2.24) is 25.4 Å². The number of nitrogens with zero attached hydrogens (tertiary/aromatic N) is 3. The number of rotatable bonds is 7. The second kappa shape index (κ2) is 8.08. The van der Waals surface area contributed by atoms with Crippen LogP contribution in [0.4, 0.5) is 5.95 Å². The second-order valence-corrected chi connectivity index (χ2v) is 7.16. The average molecular weight is 400 g/mol. The number of aromatic amines is 1. The van der Waals surface area contributed by atoms with Crippen LogP contribution >= 0.6 is 0 Å². The number of nitrogens with two attached hydrogens (primary N) is 1. The van der Waals surface area contributed by atoms with Gasteiger partial charge in [-0.1, -0.05) is 12.1 Å². The summed E-state index contributed by atoms with van der Waals surface area (Å²) in [6.07, 6.45) is 1.56. The van der Waals surface area contributed by atoms with Gasteiger partial charge in [0.2, 0.25) is 11.9 Å². The Morgan fingerprint density at radius 3 is 2.76 bits per heavy atom. The maximum atomic E-state index is 12.9. The average Bonchev–Trinajstić information content (AvgIpc) is 3.48. The molecule has 2 atom stereocenters. The smallest absolute Gasteiger partial charge is 0.251 e. The summed E-state index contributed by atoms with van der Waals surface area (Å²) in [5, 5.41) is 9.34. The first kappa shape index (κ1) is 19.2. The van der Waals surface area contributed by atoms with Gasteiger partial charge in [0.15, 0.2) is 6.10 Å². The molecule has 1 aromatic heterocycles. The van der Waals surface area contributed by atoms with Crippen molar-refractivity contribution in [3.8, 4) is 5.75 Å². The monoisotopic (exact) mass is 400 g/mol. The fraction of sp³-hybridized carbons (Fsp3) is 0.474. The lowest BCUT2D eigenvalue weighted by molar-refractivity contribution is -0.165. The molecule has 2 heterocycles. The number of morpholine rings is 1. The third kappa shape index (κ3) is 4.16. The Kier molecular flexibility index (Phi) is 5.34. The van der Waals surface area contributed by atoms with Gasteiger partial charge in [-0.3, -0.25) is 14.7 Å². The molecule has 4 rings (SSSR count). The lowest BCUT2D eigenvalue weighted by Gasteiger charge is -2.40. The minimum Gasteiger partial charge on any atom is -0.497 e. The predicted molar refractivity (Wildman–Crippen MR) is 103 cm³/mol. The molecule has 10 nitrogen and oxygen atoms in total. The van der Waals surface area contributed by atoms with Gasteiger partial charge >= 0.3 is 0 Å². The van der Waals surface area contributed by atoms with Crippen LogP contribution in [0.3, 0.4) is 0 Å². The highest BCUT2D eigenvalue weighted by molar-refractivity contribution is 5.86.